The number of unbranched alkanes of at least 4 members (excludes halogenated alkanes) is 1. The van der Waals surface area contributed by atoms with Crippen molar-refractivity contribution in [3.05, 3.63) is 0 Å². The largest absolute Gasteiger partial charge is 2.00 e. The molecule has 4 heteroatoms. The van der Waals surface area contributed by atoms with E-state index in [0.29, 0.717) is 4.32 Å². The van der Waals surface area contributed by atoms with Crippen molar-refractivity contribution in [2.75, 3.05) is 5.75 Å². The Morgan fingerprint density at radius 2 is 2.22 bits per heavy atom. The van der Waals surface area contributed by atoms with E-state index < -0.39 is 0 Å². The van der Waals surface area contributed by atoms with E-state index in [1.807, 2.05) is 0 Å². The molecule has 0 unspecified atom stereocenters. The van der Waals surface area contributed by atoms with Crippen LogP contribution in [0.25, 0.3) is 0 Å². The smallest absolute Gasteiger partial charge is 0.385 e. The van der Waals surface area contributed by atoms with Crippen LogP contribution in [0.3, 0.4) is 0 Å². The molecule has 0 aliphatic heterocycles. The molecule has 0 spiro atoms. The Balaban J connectivity index is 0. The summed E-state index contributed by atoms with van der Waals surface area (Å²) in [6, 6.07) is 0. The molecule has 0 saturated carbocycles. The standard InChI is InChI=1S/C5H11NS2.Ni/c1-2-3-4-8-5(6)7;/h2-4H2,1H3,(H2,6,7);/q;+2. The van der Waals surface area contributed by atoms with Gasteiger partial charge in [0, 0.05) is 5.75 Å². The quantitative estimate of drug-likeness (QED) is 0.434. The molecule has 0 heterocycles. The van der Waals surface area contributed by atoms with Crippen molar-refractivity contribution in [3.8, 4) is 0 Å². The first-order valence-corrected chi connectivity index (χ1v) is 4.09. The predicted octanol–water partition coefficient (Wildman–Crippen LogP) is 1.76. The molecule has 0 aromatic rings. The fourth-order valence-electron chi connectivity index (χ4n) is 0.317. The first-order valence-electron chi connectivity index (χ1n) is 2.69. The summed E-state index contributed by atoms with van der Waals surface area (Å²) in [5, 5.41) is 0. The average Bonchev–Trinajstić information content (AvgIpc) is 1.66. The van der Waals surface area contributed by atoms with Crippen LogP contribution in [0.2, 0.25) is 0 Å². The molecular formula is C5H11NNiS2+2. The van der Waals surface area contributed by atoms with Gasteiger partial charge in [-0.1, -0.05) is 37.3 Å². The summed E-state index contributed by atoms with van der Waals surface area (Å²) < 4.78 is 0.568. The minimum Gasteiger partial charge on any atom is -0.385 e. The van der Waals surface area contributed by atoms with Crippen LogP contribution in [0.5, 0.6) is 0 Å². The van der Waals surface area contributed by atoms with Crippen LogP contribution >= 0.6 is 24.0 Å². The zero-order valence-electron chi connectivity index (χ0n) is 5.33. The summed E-state index contributed by atoms with van der Waals surface area (Å²) in [7, 11) is 0. The van der Waals surface area contributed by atoms with Crippen LogP contribution in [0.1, 0.15) is 19.8 Å². The van der Waals surface area contributed by atoms with Crippen LogP contribution in [0.15, 0.2) is 0 Å². The van der Waals surface area contributed by atoms with Gasteiger partial charge in [-0.2, -0.15) is 0 Å². The average molecular weight is 208 g/mol. The summed E-state index contributed by atoms with van der Waals surface area (Å²) >= 11 is 6.21. The Morgan fingerprint density at radius 1 is 1.67 bits per heavy atom. The number of thiocarbonyl (C=S) groups is 1. The van der Waals surface area contributed by atoms with Crippen molar-refractivity contribution in [2.24, 2.45) is 5.73 Å². The minimum atomic E-state index is 0. The molecule has 56 valence electrons. The van der Waals surface area contributed by atoms with Gasteiger partial charge in [0.25, 0.3) is 0 Å². The molecule has 9 heavy (non-hydrogen) atoms. The predicted molar refractivity (Wildman–Crippen MR) is 44.2 cm³/mol. The van der Waals surface area contributed by atoms with Crippen molar-refractivity contribution >= 4 is 28.3 Å². The van der Waals surface area contributed by atoms with Gasteiger partial charge in [-0.3, -0.25) is 0 Å². The third-order valence-corrected chi connectivity index (χ3v) is 1.87. The van der Waals surface area contributed by atoms with E-state index >= 15 is 0 Å². The Kier molecular flexibility index (Phi) is 12.0. The normalized spacial score (nSPS) is 8.11. The number of hydrogen-bond donors (Lipinski definition) is 1. The Hall–Kier alpha value is 0.734. The third-order valence-electron chi connectivity index (χ3n) is 0.742. The zero-order valence-corrected chi connectivity index (χ0v) is 7.95. The second-order valence-corrected chi connectivity index (χ2v) is 3.36. The van der Waals surface area contributed by atoms with Crippen LogP contribution < -0.4 is 5.73 Å². The van der Waals surface area contributed by atoms with E-state index in [4.69, 9.17) is 5.73 Å². The maximum absolute atomic E-state index is 5.23. The van der Waals surface area contributed by atoms with E-state index in [9.17, 15) is 0 Å². The molecule has 0 bridgehead atoms. The molecule has 0 amide bonds. The molecule has 1 nitrogen and oxygen atoms in total. The van der Waals surface area contributed by atoms with Crippen molar-refractivity contribution in [3.63, 3.8) is 0 Å². The second kappa shape index (κ2) is 8.73. The molecule has 0 aliphatic rings. The number of rotatable bonds is 3. The van der Waals surface area contributed by atoms with E-state index in [1.54, 1.807) is 11.8 Å². The summed E-state index contributed by atoms with van der Waals surface area (Å²) in [5.41, 5.74) is 5.23. The Bertz CT molecular complexity index is 77.4. The maximum atomic E-state index is 5.23. The molecule has 0 aromatic heterocycles. The molecule has 0 fully saturated rings. The molecular weight excluding hydrogens is 197 g/mol. The number of hydrogen-bond acceptors (Lipinski definition) is 2. The van der Waals surface area contributed by atoms with Gasteiger partial charge < -0.3 is 5.73 Å². The zero-order chi connectivity index (χ0) is 6.41. The summed E-state index contributed by atoms with van der Waals surface area (Å²) in [6.07, 6.45) is 2.43. The third kappa shape index (κ3) is 12.0. The van der Waals surface area contributed by atoms with E-state index in [0.717, 1.165) is 5.75 Å². The molecule has 0 aromatic carbocycles. The Morgan fingerprint density at radius 3 is 2.56 bits per heavy atom. The van der Waals surface area contributed by atoms with Crippen LogP contribution in [-0.2, 0) is 16.5 Å². The van der Waals surface area contributed by atoms with Gasteiger partial charge in [-0.25, -0.2) is 0 Å². The molecule has 0 radical (unpaired) electrons. The van der Waals surface area contributed by atoms with Crippen LogP contribution in [0, 0.1) is 0 Å². The van der Waals surface area contributed by atoms with Crippen molar-refractivity contribution in [2.45, 2.75) is 19.8 Å². The van der Waals surface area contributed by atoms with Crippen LogP contribution in [-0.4, -0.2) is 10.1 Å². The number of thioether (sulfide) groups is 1. The molecule has 0 atom stereocenters. The molecule has 0 rings (SSSR count). The fourth-order valence-corrected chi connectivity index (χ4v) is 1.20. The van der Waals surface area contributed by atoms with Gasteiger partial charge in [0.05, 0.1) is 0 Å². The second-order valence-electron chi connectivity index (χ2n) is 1.52. The van der Waals surface area contributed by atoms with Gasteiger partial charge in [-0.05, 0) is 6.42 Å². The monoisotopic (exact) mass is 207 g/mol. The van der Waals surface area contributed by atoms with Gasteiger partial charge in [-0.15, -0.1) is 0 Å². The van der Waals surface area contributed by atoms with Gasteiger partial charge in [0.15, 0.2) is 0 Å². The number of nitrogens with two attached hydrogens (primary N) is 1. The molecule has 0 aliphatic carbocycles. The molecule has 2 N–H and O–H groups in total. The first-order chi connectivity index (χ1) is 3.77. The van der Waals surface area contributed by atoms with E-state index in [1.165, 1.54) is 12.8 Å². The summed E-state index contributed by atoms with van der Waals surface area (Å²) in [5.74, 6) is 1.08. The molecule has 0 saturated heterocycles. The summed E-state index contributed by atoms with van der Waals surface area (Å²) in [6.45, 7) is 2.15. The fraction of sp³-hybridized carbons (Fsp3) is 0.800. The van der Waals surface area contributed by atoms with Gasteiger partial charge >= 0.3 is 16.5 Å². The van der Waals surface area contributed by atoms with Crippen molar-refractivity contribution in [1.82, 2.24) is 0 Å². The van der Waals surface area contributed by atoms with E-state index in [-0.39, 0.29) is 16.5 Å². The SMILES string of the molecule is CCCCSC(N)=S.[Ni+2]. The van der Waals surface area contributed by atoms with E-state index in [2.05, 4.69) is 19.1 Å². The minimum absolute atomic E-state index is 0. The van der Waals surface area contributed by atoms with Crippen molar-refractivity contribution in [1.29, 1.82) is 0 Å². The first kappa shape index (κ1) is 12.4. The maximum Gasteiger partial charge on any atom is 2.00 e. The van der Waals surface area contributed by atoms with Gasteiger partial charge in [0.2, 0.25) is 0 Å². The Labute approximate surface area is 76.1 Å². The van der Waals surface area contributed by atoms with Crippen molar-refractivity contribution < 1.29 is 16.5 Å². The topological polar surface area (TPSA) is 26.0 Å². The van der Waals surface area contributed by atoms with Crippen LogP contribution in [0.4, 0.5) is 0 Å². The summed E-state index contributed by atoms with van der Waals surface area (Å²) in [4.78, 5) is 0. The van der Waals surface area contributed by atoms with Gasteiger partial charge in [0.1, 0.15) is 4.32 Å².